The molecule has 0 atom stereocenters. The first-order valence-electron chi connectivity index (χ1n) is 3.65. The Balaban J connectivity index is 3.09. The van der Waals surface area contributed by atoms with Crippen LogP contribution in [0.2, 0.25) is 0 Å². The van der Waals surface area contributed by atoms with Crippen LogP contribution in [-0.2, 0) is 23.6 Å². The Morgan fingerprint density at radius 2 is 2.31 bits per heavy atom. The summed E-state index contributed by atoms with van der Waals surface area (Å²) in [6.07, 6.45) is 0. The lowest BCUT2D eigenvalue weighted by Gasteiger charge is -1.97. The molecule has 0 aliphatic heterocycles. The number of nitrogens with one attached hydrogen (secondary N) is 1. The largest absolute Gasteiger partial charge is 0.314 e. The highest BCUT2D eigenvalue weighted by atomic mass is 32.2. The van der Waals surface area contributed by atoms with E-state index in [0.29, 0.717) is 6.54 Å². The standard InChI is InChI=1S/C6H12N4O2S/c1-8-4-5-3-6(9-10(5)2)13(7,11)12/h3,8H,4H2,1-2H3,(H2,7,11,12). The minimum atomic E-state index is -3.68. The molecule has 1 aromatic rings. The lowest BCUT2D eigenvalue weighted by atomic mass is 10.4. The first-order chi connectivity index (χ1) is 5.95. The van der Waals surface area contributed by atoms with Gasteiger partial charge < -0.3 is 5.32 Å². The van der Waals surface area contributed by atoms with Crippen LogP contribution in [0, 0.1) is 0 Å². The topological polar surface area (TPSA) is 90.0 Å². The van der Waals surface area contributed by atoms with Gasteiger partial charge in [0, 0.05) is 19.7 Å². The van der Waals surface area contributed by atoms with E-state index in [9.17, 15) is 8.42 Å². The van der Waals surface area contributed by atoms with E-state index in [0.717, 1.165) is 5.69 Å². The molecule has 3 N–H and O–H groups in total. The van der Waals surface area contributed by atoms with E-state index in [1.165, 1.54) is 10.7 Å². The number of aromatic nitrogens is 2. The maximum atomic E-state index is 10.9. The number of hydrogen-bond acceptors (Lipinski definition) is 4. The molecule has 0 saturated carbocycles. The van der Waals surface area contributed by atoms with Crippen LogP contribution < -0.4 is 10.5 Å². The van der Waals surface area contributed by atoms with E-state index in [4.69, 9.17) is 5.14 Å². The van der Waals surface area contributed by atoms with Crippen molar-refractivity contribution in [2.45, 2.75) is 11.6 Å². The Hall–Kier alpha value is -0.920. The van der Waals surface area contributed by atoms with Gasteiger partial charge in [0.1, 0.15) is 0 Å². The van der Waals surface area contributed by atoms with E-state index in [1.54, 1.807) is 14.1 Å². The third kappa shape index (κ3) is 2.27. The van der Waals surface area contributed by atoms with Crippen molar-refractivity contribution in [1.82, 2.24) is 15.1 Å². The van der Waals surface area contributed by atoms with Gasteiger partial charge in [-0.15, -0.1) is 0 Å². The van der Waals surface area contributed by atoms with Gasteiger partial charge >= 0.3 is 0 Å². The normalized spacial score (nSPS) is 11.9. The molecule has 0 aliphatic carbocycles. The number of nitrogens with zero attached hydrogens (tertiary/aromatic N) is 2. The minimum Gasteiger partial charge on any atom is -0.314 e. The lowest BCUT2D eigenvalue weighted by molar-refractivity contribution is 0.588. The van der Waals surface area contributed by atoms with Gasteiger partial charge in [-0.25, -0.2) is 13.6 Å². The smallest absolute Gasteiger partial charge is 0.257 e. The molecule has 0 aromatic carbocycles. The second-order valence-corrected chi connectivity index (χ2v) is 4.18. The Labute approximate surface area is 76.8 Å². The predicted octanol–water partition coefficient (Wildman–Crippen LogP) is -1.21. The Kier molecular flexibility index (Phi) is 2.69. The summed E-state index contributed by atoms with van der Waals surface area (Å²) in [5.74, 6) is 0. The summed E-state index contributed by atoms with van der Waals surface area (Å²) < 4.78 is 23.3. The zero-order chi connectivity index (χ0) is 10.1. The van der Waals surface area contributed by atoms with Crippen molar-refractivity contribution in [1.29, 1.82) is 0 Å². The molecule has 1 aromatic heterocycles. The van der Waals surface area contributed by atoms with Crippen molar-refractivity contribution < 1.29 is 8.42 Å². The Morgan fingerprint density at radius 3 is 2.69 bits per heavy atom. The fourth-order valence-corrected chi connectivity index (χ4v) is 1.50. The van der Waals surface area contributed by atoms with Crippen LogP contribution in [0.1, 0.15) is 5.69 Å². The summed E-state index contributed by atoms with van der Waals surface area (Å²) in [5.41, 5.74) is 0.770. The van der Waals surface area contributed by atoms with Crippen molar-refractivity contribution >= 4 is 10.0 Å². The average molecular weight is 204 g/mol. The second-order valence-electron chi connectivity index (χ2n) is 2.67. The molecule has 0 bridgehead atoms. The quantitative estimate of drug-likeness (QED) is 0.646. The van der Waals surface area contributed by atoms with Crippen molar-refractivity contribution in [2.75, 3.05) is 7.05 Å². The third-order valence-electron chi connectivity index (χ3n) is 1.60. The second kappa shape index (κ2) is 3.44. The van der Waals surface area contributed by atoms with Crippen LogP contribution in [0.4, 0.5) is 0 Å². The SMILES string of the molecule is CNCc1cc(S(N)(=O)=O)nn1C. The molecule has 1 heterocycles. The maximum absolute atomic E-state index is 10.9. The summed E-state index contributed by atoms with van der Waals surface area (Å²) in [7, 11) is -0.247. The van der Waals surface area contributed by atoms with E-state index in [2.05, 4.69) is 10.4 Å². The molecule has 0 spiro atoms. The van der Waals surface area contributed by atoms with Crippen molar-refractivity contribution in [3.8, 4) is 0 Å². The van der Waals surface area contributed by atoms with Crippen LogP contribution in [0.15, 0.2) is 11.1 Å². The monoisotopic (exact) mass is 204 g/mol. The summed E-state index contributed by atoms with van der Waals surface area (Å²) in [6, 6.07) is 1.45. The number of sulfonamides is 1. The number of hydrogen-bond donors (Lipinski definition) is 2. The number of rotatable bonds is 3. The van der Waals surface area contributed by atoms with E-state index in [-0.39, 0.29) is 5.03 Å². The molecule has 0 saturated heterocycles. The van der Waals surface area contributed by atoms with Gasteiger partial charge in [0.25, 0.3) is 10.0 Å². The molecule has 74 valence electrons. The highest BCUT2D eigenvalue weighted by Crippen LogP contribution is 2.06. The molecule has 13 heavy (non-hydrogen) atoms. The summed E-state index contributed by atoms with van der Waals surface area (Å²) in [5, 5.41) is 11.5. The first-order valence-corrected chi connectivity index (χ1v) is 5.20. The molecule has 0 amide bonds. The van der Waals surface area contributed by atoms with Crippen molar-refractivity contribution in [2.24, 2.45) is 12.2 Å². The number of nitrogens with two attached hydrogens (primary N) is 1. The highest BCUT2D eigenvalue weighted by Gasteiger charge is 2.13. The van der Waals surface area contributed by atoms with E-state index >= 15 is 0 Å². The Morgan fingerprint density at radius 1 is 1.69 bits per heavy atom. The first kappa shape index (κ1) is 10.2. The highest BCUT2D eigenvalue weighted by molar-refractivity contribution is 7.89. The van der Waals surface area contributed by atoms with Gasteiger partial charge in [-0.1, -0.05) is 0 Å². The Bertz CT molecular complexity index is 395. The molecule has 7 heteroatoms. The van der Waals surface area contributed by atoms with Gasteiger partial charge in [0.15, 0.2) is 5.03 Å². The molecule has 0 fully saturated rings. The fraction of sp³-hybridized carbons (Fsp3) is 0.500. The van der Waals surface area contributed by atoms with Gasteiger partial charge in [-0.2, -0.15) is 5.10 Å². The van der Waals surface area contributed by atoms with Gasteiger partial charge in [0.05, 0.1) is 5.69 Å². The molecular weight excluding hydrogens is 192 g/mol. The van der Waals surface area contributed by atoms with E-state index in [1.807, 2.05) is 0 Å². The van der Waals surface area contributed by atoms with E-state index < -0.39 is 10.0 Å². The molecular formula is C6H12N4O2S. The molecule has 0 aliphatic rings. The zero-order valence-electron chi connectivity index (χ0n) is 7.48. The lowest BCUT2D eigenvalue weighted by Crippen LogP contribution is -2.13. The zero-order valence-corrected chi connectivity index (χ0v) is 8.30. The third-order valence-corrected chi connectivity index (χ3v) is 2.39. The van der Waals surface area contributed by atoms with Crippen LogP contribution in [0.25, 0.3) is 0 Å². The van der Waals surface area contributed by atoms with Gasteiger partial charge in [-0.3, -0.25) is 4.68 Å². The van der Waals surface area contributed by atoms with Crippen molar-refractivity contribution in [3.05, 3.63) is 11.8 Å². The maximum Gasteiger partial charge on any atom is 0.257 e. The van der Waals surface area contributed by atoms with Crippen LogP contribution >= 0.6 is 0 Å². The predicted molar refractivity (Wildman–Crippen MR) is 47.3 cm³/mol. The van der Waals surface area contributed by atoms with Crippen LogP contribution in [0.3, 0.4) is 0 Å². The molecule has 0 unspecified atom stereocenters. The average Bonchev–Trinajstić information content (AvgIpc) is 2.32. The minimum absolute atomic E-state index is 0.0970. The molecule has 6 nitrogen and oxygen atoms in total. The van der Waals surface area contributed by atoms with Crippen molar-refractivity contribution in [3.63, 3.8) is 0 Å². The van der Waals surface area contributed by atoms with Crippen LogP contribution in [0.5, 0.6) is 0 Å². The summed E-state index contributed by atoms with van der Waals surface area (Å²) in [4.78, 5) is 0. The number of aryl methyl sites for hydroxylation is 1. The summed E-state index contributed by atoms with van der Waals surface area (Å²) >= 11 is 0. The van der Waals surface area contributed by atoms with Gasteiger partial charge in [-0.05, 0) is 7.05 Å². The number of primary sulfonamides is 1. The van der Waals surface area contributed by atoms with Crippen LogP contribution in [-0.4, -0.2) is 25.2 Å². The summed E-state index contributed by atoms with van der Waals surface area (Å²) in [6.45, 7) is 0.555. The fourth-order valence-electron chi connectivity index (χ4n) is 0.962. The van der Waals surface area contributed by atoms with Gasteiger partial charge in [0.2, 0.25) is 0 Å². The molecule has 0 radical (unpaired) electrons. The molecule has 1 rings (SSSR count).